The molecule has 9 heteroatoms. The molecule has 0 saturated heterocycles. The number of nitrogens with one attached hydrogen (secondary N) is 1. The summed E-state index contributed by atoms with van der Waals surface area (Å²) in [7, 11) is -3.08. The van der Waals surface area contributed by atoms with Gasteiger partial charge in [0.05, 0.1) is 4.75 Å². The van der Waals surface area contributed by atoms with Crippen molar-refractivity contribution >= 4 is 26.3 Å². The molecule has 2 aromatic heterocycles. The molecule has 0 radical (unpaired) electrons. The van der Waals surface area contributed by atoms with E-state index in [1.807, 2.05) is 6.92 Å². The molecule has 1 saturated carbocycles. The van der Waals surface area contributed by atoms with Gasteiger partial charge in [0.25, 0.3) is 0 Å². The van der Waals surface area contributed by atoms with Crippen LogP contribution in [0.4, 0.5) is 5.13 Å². The molecule has 0 aromatic carbocycles. The van der Waals surface area contributed by atoms with E-state index in [9.17, 15) is 8.42 Å². The van der Waals surface area contributed by atoms with Gasteiger partial charge in [-0.25, -0.2) is 8.42 Å². The number of anilines is 1. The van der Waals surface area contributed by atoms with Gasteiger partial charge in [0.2, 0.25) is 5.13 Å². The van der Waals surface area contributed by atoms with Crippen LogP contribution >= 0.6 is 11.3 Å². The van der Waals surface area contributed by atoms with Gasteiger partial charge in [-0.15, -0.1) is 10.2 Å². The highest BCUT2D eigenvalue weighted by Crippen LogP contribution is 2.47. The first-order chi connectivity index (χ1) is 9.42. The molecular weight excluding hydrogens is 300 g/mol. The van der Waals surface area contributed by atoms with Crippen LogP contribution in [0, 0.1) is 0 Å². The lowest BCUT2D eigenvalue weighted by molar-refractivity contribution is 0.422. The Morgan fingerprint density at radius 3 is 2.75 bits per heavy atom. The Morgan fingerprint density at radius 1 is 1.45 bits per heavy atom. The van der Waals surface area contributed by atoms with Gasteiger partial charge in [0.15, 0.2) is 14.8 Å². The lowest BCUT2D eigenvalue weighted by Gasteiger charge is -2.22. The summed E-state index contributed by atoms with van der Waals surface area (Å²) in [6, 6.07) is 1.50. The molecule has 2 heterocycles. The maximum Gasteiger partial charge on any atom is 0.206 e. The van der Waals surface area contributed by atoms with Gasteiger partial charge in [-0.05, 0) is 19.8 Å². The molecule has 108 valence electrons. The van der Waals surface area contributed by atoms with Crippen LogP contribution in [0.1, 0.15) is 19.8 Å². The third-order valence-corrected chi connectivity index (χ3v) is 6.81. The van der Waals surface area contributed by atoms with Crippen molar-refractivity contribution in [2.75, 3.05) is 11.6 Å². The molecule has 1 aliphatic carbocycles. The Kier molecular flexibility index (Phi) is 3.05. The summed E-state index contributed by atoms with van der Waals surface area (Å²) in [4.78, 5) is 0. The summed E-state index contributed by atoms with van der Waals surface area (Å²) in [6.07, 6.45) is 4.14. The second-order valence-corrected chi connectivity index (χ2v) is 8.33. The molecule has 3 rings (SSSR count). The second kappa shape index (κ2) is 4.52. The van der Waals surface area contributed by atoms with E-state index in [1.165, 1.54) is 23.9 Å². The summed E-state index contributed by atoms with van der Waals surface area (Å²) >= 11 is 1.32. The minimum absolute atomic E-state index is 0.199. The number of hydrogen-bond donors (Lipinski definition) is 1. The van der Waals surface area contributed by atoms with Gasteiger partial charge in [0, 0.05) is 18.4 Å². The molecule has 0 bridgehead atoms. The normalized spacial score (nSPS) is 18.7. The van der Waals surface area contributed by atoms with Gasteiger partial charge < -0.3 is 9.84 Å². The molecular formula is C11H14N4O3S2. The monoisotopic (exact) mass is 314 g/mol. The van der Waals surface area contributed by atoms with Crippen molar-refractivity contribution in [2.24, 2.45) is 0 Å². The lowest BCUT2D eigenvalue weighted by Crippen LogP contribution is -2.39. The Labute approximate surface area is 120 Å². The predicted octanol–water partition coefficient (Wildman–Crippen LogP) is 1.57. The van der Waals surface area contributed by atoms with E-state index < -0.39 is 14.6 Å². The van der Waals surface area contributed by atoms with Crippen LogP contribution in [0.25, 0.3) is 10.7 Å². The van der Waals surface area contributed by atoms with Crippen molar-refractivity contribution in [1.29, 1.82) is 0 Å². The second-order valence-electron chi connectivity index (χ2n) is 5.00. The summed E-state index contributed by atoms with van der Waals surface area (Å²) in [6.45, 7) is 1.87. The maximum atomic E-state index is 11.8. The first-order valence-corrected chi connectivity index (χ1v) is 8.83. The van der Waals surface area contributed by atoms with Crippen LogP contribution in [-0.2, 0) is 9.84 Å². The fourth-order valence-corrected chi connectivity index (χ4v) is 4.61. The fraction of sp³-hybridized carbons (Fsp3) is 0.545. The molecule has 1 aliphatic rings. The molecule has 7 nitrogen and oxygen atoms in total. The molecule has 1 atom stereocenters. The summed E-state index contributed by atoms with van der Waals surface area (Å²) in [5.41, 5.74) is 0.618. The minimum atomic E-state index is -3.08. The van der Waals surface area contributed by atoms with Crippen LogP contribution < -0.4 is 5.32 Å². The van der Waals surface area contributed by atoms with Gasteiger partial charge in [-0.1, -0.05) is 16.5 Å². The highest BCUT2D eigenvalue weighted by Gasteiger charge is 2.56. The van der Waals surface area contributed by atoms with E-state index in [2.05, 4.69) is 20.7 Å². The summed E-state index contributed by atoms with van der Waals surface area (Å²) < 4.78 is 27.8. The SMILES string of the molecule is CC(Nc1nnc(-c2ccon2)s1)C1(S(C)(=O)=O)CC1. The van der Waals surface area contributed by atoms with Crippen molar-refractivity contribution < 1.29 is 12.9 Å². The van der Waals surface area contributed by atoms with E-state index in [1.54, 1.807) is 6.07 Å². The Hall–Kier alpha value is -1.48. The molecule has 2 aromatic rings. The average molecular weight is 314 g/mol. The quantitative estimate of drug-likeness (QED) is 0.894. The zero-order chi connectivity index (χ0) is 14.4. The first-order valence-electron chi connectivity index (χ1n) is 6.13. The summed E-state index contributed by atoms with van der Waals surface area (Å²) in [5.74, 6) is 0. The zero-order valence-corrected chi connectivity index (χ0v) is 12.7. The Bertz CT molecular complexity index is 704. The Morgan fingerprint density at radius 2 is 2.20 bits per heavy atom. The largest absolute Gasteiger partial charge is 0.364 e. The van der Waals surface area contributed by atoms with Crippen molar-refractivity contribution in [2.45, 2.75) is 30.6 Å². The molecule has 1 N–H and O–H groups in total. The number of sulfone groups is 1. The van der Waals surface area contributed by atoms with Crippen molar-refractivity contribution in [3.8, 4) is 10.7 Å². The molecule has 0 spiro atoms. The highest BCUT2D eigenvalue weighted by atomic mass is 32.2. The van der Waals surface area contributed by atoms with Crippen LogP contribution in [0.3, 0.4) is 0 Å². The van der Waals surface area contributed by atoms with Gasteiger partial charge >= 0.3 is 0 Å². The van der Waals surface area contributed by atoms with Gasteiger partial charge in [-0.3, -0.25) is 0 Å². The summed E-state index contributed by atoms with van der Waals surface area (Å²) in [5, 5.41) is 16.2. The first kappa shape index (κ1) is 13.5. The van der Waals surface area contributed by atoms with Crippen LogP contribution in [-0.4, -0.2) is 40.8 Å². The zero-order valence-electron chi connectivity index (χ0n) is 11.0. The highest BCUT2D eigenvalue weighted by molar-refractivity contribution is 7.92. The van der Waals surface area contributed by atoms with Crippen LogP contribution in [0.5, 0.6) is 0 Å². The van der Waals surface area contributed by atoms with Crippen molar-refractivity contribution in [3.63, 3.8) is 0 Å². The maximum absolute atomic E-state index is 11.8. The van der Waals surface area contributed by atoms with Crippen LogP contribution in [0.2, 0.25) is 0 Å². The van der Waals surface area contributed by atoms with E-state index in [-0.39, 0.29) is 6.04 Å². The number of rotatable bonds is 5. The third-order valence-electron chi connectivity index (χ3n) is 3.69. The predicted molar refractivity (Wildman–Crippen MR) is 75.3 cm³/mol. The topological polar surface area (TPSA) is 98.0 Å². The minimum Gasteiger partial charge on any atom is -0.364 e. The number of aromatic nitrogens is 3. The third kappa shape index (κ3) is 2.20. The standard InChI is InChI=1S/C11H14N4O3S2/c1-7(11(4-5-11)20(2,16)17)12-10-14-13-9(19-10)8-3-6-18-15-8/h3,6-7H,4-5H2,1-2H3,(H,12,14). The van der Waals surface area contributed by atoms with Gasteiger partial charge in [-0.2, -0.15) is 0 Å². The van der Waals surface area contributed by atoms with E-state index in [0.717, 1.165) is 0 Å². The van der Waals surface area contributed by atoms with Crippen molar-refractivity contribution in [3.05, 3.63) is 12.3 Å². The van der Waals surface area contributed by atoms with Gasteiger partial charge in [0.1, 0.15) is 12.0 Å². The molecule has 1 fully saturated rings. The number of hydrogen-bond acceptors (Lipinski definition) is 8. The molecule has 1 unspecified atom stereocenters. The fourth-order valence-electron chi connectivity index (χ4n) is 2.27. The van der Waals surface area contributed by atoms with E-state index in [4.69, 9.17) is 4.52 Å². The lowest BCUT2D eigenvalue weighted by atomic mass is 10.2. The Balaban J connectivity index is 1.76. The molecule has 20 heavy (non-hydrogen) atoms. The molecule has 0 amide bonds. The smallest absolute Gasteiger partial charge is 0.206 e. The van der Waals surface area contributed by atoms with E-state index in [0.29, 0.717) is 28.7 Å². The van der Waals surface area contributed by atoms with E-state index >= 15 is 0 Å². The van der Waals surface area contributed by atoms with Crippen molar-refractivity contribution in [1.82, 2.24) is 15.4 Å². The average Bonchev–Trinajstić information content (AvgIpc) is 2.83. The number of nitrogens with zero attached hydrogens (tertiary/aromatic N) is 3. The molecule has 0 aliphatic heterocycles. The van der Waals surface area contributed by atoms with Crippen LogP contribution in [0.15, 0.2) is 16.9 Å².